The van der Waals surface area contributed by atoms with Gasteiger partial charge in [-0.15, -0.1) is 0 Å². The van der Waals surface area contributed by atoms with Crippen LogP contribution >= 0.6 is 0 Å². The summed E-state index contributed by atoms with van der Waals surface area (Å²) in [5.74, 6) is -0.201. The summed E-state index contributed by atoms with van der Waals surface area (Å²) in [6.45, 7) is 3.65. The van der Waals surface area contributed by atoms with Crippen molar-refractivity contribution in [2.75, 3.05) is 16.8 Å². The van der Waals surface area contributed by atoms with E-state index in [1.165, 1.54) is 6.92 Å². The van der Waals surface area contributed by atoms with Crippen LogP contribution in [0.4, 0.5) is 11.4 Å². The number of β-amino-alcohol motifs (C(OH)–C–C–N with tert-alkyl or cyclic N) is 1. The molecule has 96 valence electrons. The standard InChI is InChI=1S/C13H16N2O3/c1-8-5-10(3-4-12(8)14-9(2)16)15-7-11(17)6-13(15)18/h3-5,11,17H,6-7H2,1-2H3,(H,14,16). The molecule has 0 aliphatic carbocycles. The molecule has 1 fully saturated rings. The monoisotopic (exact) mass is 248 g/mol. The van der Waals surface area contributed by atoms with Gasteiger partial charge in [0.05, 0.1) is 19.1 Å². The Kier molecular flexibility index (Phi) is 3.34. The minimum Gasteiger partial charge on any atom is -0.391 e. The van der Waals surface area contributed by atoms with Crippen LogP contribution in [0.5, 0.6) is 0 Å². The van der Waals surface area contributed by atoms with Crippen molar-refractivity contribution >= 4 is 23.2 Å². The molecule has 1 unspecified atom stereocenters. The number of rotatable bonds is 2. The van der Waals surface area contributed by atoms with Crippen LogP contribution in [-0.4, -0.2) is 29.6 Å². The highest BCUT2D eigenvalue weighted by atomic mass is 16.3. The second-order valence-electron chi connectivity index (χ2n) is 4.54. The summed E-state index contributed by atoms with van der Waals surface area (Å²) >= 11 is 0. The van der Waals surface area contributed by atoms with Crippen LogP contribution in [0.25, 0.3) is 0 Å². The number of aliphatic hydroxyl groups is 1. The van der Waals surface area contributed by atoms with E-state index in [4.69, 9.17) is 0 Å². The highest BCUT2D eigenvalue weighted by Gasteiger charge is 2.29. The van der Waals surface area contributed by atoms with E-state index in [0.29, 0.717) is 6.54 Å². The van der Waals surface area contributed by atoms with E-state index in [0.717, 1.165) is 16.9 Å². The first-order valence-electron chi connectivity index (χ1n) is 5.84. The SMILES string of the molecule is CC(=O)Nc1ccc(N2CC(O)CC2=O)cc1C. The molecule has 18 heavy (non-hydrogen) atoms. The van der Waals surface area contributed by atoms with Crippen LogP contribution in [0.2, 0.25) is 0 Å². The molecule has 1 aliphatic heterocycles. The Morgan fingerprint density at radius 2 is 2.22 bits per heavy atom. The third-order valence-electron chi connectivity index (χ3n) is 2.94. The average Bonchev–Trinajstić information content (AvgIpc) is 2.60. The van der Waals surface area contributed by atoms with E-state index in [9.17, 15) is 14.7 Å². The molecule has 0 spiro atoms. The molecule has 1 saturated heterocycles. The molecule has 2 rings (SSSR count). The van der Waals surface area contributed by atoms with Crippen LogP contribution in [0, 0.1) is 6.92 Å². The highest BCUT2D eigenvalue weighted by Crippen LogP contribution is 2.26. The van der Waals surface area contributed by atoms with Crippen LogP contribution in [0.15, 0.2) is 18.2 Å². The summed E-state index contributed by atoms with van der Waals surface area (Å²) in [5.41, 5.74) is 2.37. The maximum absolute atomic E-state index is 11.7. The summed E-state index contributed by atoms with van der Waals surface area (Å²) in [4.78, 5) is 24.2. The number of hydrogen-bond acceptors (Lipinski definition) is 3. The number of nitrogens with one attached hydrogen (secondary N) is 1. The molecule has 2 N–H and O–H groups in total. The molecule has 0 radical (unpaired) electrons. The van der Waals surface area contributed by atoms with Crippen molar-refractivity contribution in [3.63, 3.8) is 0 Å². The lowest BCUT2D eigenvalue weighted by atomic mass is 10.1. The Morgan fingerprint density at radius 3 is 2.72 bits per heavy atom. The quantitative estimate of drug-likeness (QED) is 0.822. The molecule has 1 aromatic carbocycles. The van der Waals surface area contributed by atoms with Gasteiger partial charge in [-0.2, -0.15) is 0 Å². The third-order valence-corrected chi connectivity index (χ3v) is 2.94. The van der Waals surface area contributed by atoms with Crippen LogP contribution in [0.1, 0.15) is 18.9 Å². The van der Waals surface area contributed by atoms with E-state index in [-0.39, 0.29) is 18.2 Å². The molecule has 5 heteroatoms. The Balaban J connectivity index is 2.23. The van der Waals surface area contributed by atoms with E-state index in [1.54, 1.807) is 17.0 Å². The van der Waals surface area contributed by atoms with E-state index < -0.39 is 6.10 Å². The molecule has 1 atom stereocenters. The largest absolute Gasteiger partial charge is 0.391 e. The van der Waals surface area contributed by atoms with Gasteiger partial charge in [-0.05, 0) is 30.7 Å². The number of aryl methyl sites for hydroxylation is 1. The Hall–Kier alpha value is -1.88. The van der Waals surface area contributed by atoms with Crippen molar-refractivity contribution in [1.29, 1.82) is 0 Å². The maximum atomic E-state index is 11.7. The van der Waals surface area contributed by atoms with Gasteiger partial charge >= 0.3 is 0 Å². The molecule has 1 aliphatic rings. The highest BCUT2D eigenvalue weighted by molar-refractivity contribution is 5.97. The summed E-state index contributed by atoms with van der Waals surface area (Å²) in [6, 6.07) is 5.37. The van der Waals surface area contributed by atoms with Crippen molar-refractivity contribution in [3.8, 4) is 0 Å². The number of anilines is 2. The first-order valence-corrected chi connectivity index (χ1v) is 5.84. The third kappa shape index (κ3) is 2.51. The van der Waals surface area contributed by atoms with Gasteiger partial charge in [0.25, 0.3) is 0 Å². The molecule has 0 aromatic heterocycles. The summed E-state index contributed by atoms with van der Waals surface area (Å²) < 4.78 is 0. The number of benzene rings is 1. The zero-order valence-electron chi connectivity index (χ0n) is 10.4. The average molecular weight is 248 g/mol. The van der Waals surface area contributed by atoms with Gasteiger partial charge in [0, 0.05) is 18.3 Å². The van der Waals surface area contributed by atoms with Crippen molar-refractivity contribution in [2.24, 2.45) is 0 Å². The predicted octanol–water partition coefficient (Wildman–Crippen LogP) is 1.05. The van der Waals surface area contributed by atoms with Crippen molar-refractivity contribution in [2.45, 2.75) is 26.4 Å². The topological polar surface area (TPSA) is 69.6 Å². The molecule has 2 amide bonds. The number of carbonyl (C=O) groups excluding carboxylic acids is 2. The zero-order chi connectivity index (χ0) is 13.3. The fourth-order valence-corrected chi connectivity index (χ4v) is 2.08. The van der Waals surface area contributed by atoms with Gasteiger partial charge in [-0.1, -0.05) is 0 Å². The Morgan fingerprint density at radius 1 is 1.50 bits per heavy atom. The zero-order valence-corrected chi connectivity index (χ0v) is 10.4. The summed E-state index contributed by atoms with van der Waals surface area (Å²) in [5, 5.41) is 12.2. The summed E-state index contributed by atoms with van der Waals surface area (Å²) in [7, 11) is 0. The lowest BCUT2D eigenvalue weighted by Gasteiger charge is -2.17. The van der Waals surface area contributed by atoms with Gasteiger partial charge in [0.1, 0.15) is 0 Å². The number of nitrogens with zero attached hydrogens (tertiary/aromatic N) is 1. The van der Waals surface area contributed by atoms with Crippen molar-refractivity contribution in [1.82, 2.24) is 0 Å². The molecule has 1 heterocycles. The summed E-state index contributed by atoms with van der Waals surface area (Å²) in [6.07, 6.45) is -0.417. The fraction of sp³-hybridized carbons (Fsp3) is 0.385. The molecule has 5 nitrogen and oxygen atoms in total. The van der Waals surface area contributed by atoms with Crippen LogP contribution in [0.3, 0.4) is 0 Å². The molecule has 0 bridgehead atoms. The first kappa shape index (κ1) is 12.6. The van der Waals surface area contributed by atoms with E-state index in [1.807, 2.05) is 13.0 Å². The van der Waals surface area contributed by atoms with Gasteiger partial charge in [0.2, 0.25) is 11.8 Å². The van der Waals surface area contributed by atoms with Crippen LogP contribution < -0.4 is 10.2 Å². The smallest absolute Gasteiger partial charge is 0.229 e. The molecule has 1 aromatic rings. The maximum Gasteiger partial charge on any atom is 0.229 e. The lowest BCUT2D eigenvalue weighted by Crippen LogP contribution is -2.25. The second kappa shape index (κ2) is 4.78. The minimum atomic E-state index is -0.590. The first-order chi connectivity index (χ1) is 8.47. The van der Waals surface area contributed by atoms with Gasteiger partial charge in [-0.25, -0.2) is 0 Å². The van der Waals surface area contributed by atoms with Gasteiger partial charge in [-0.3, -0.25) is 9.59 Å². The number of amides is 2. The normalized spacial score (nSPS) is 19.2. The van der Waals surface area contributed by atoms with Gasteiger partial charge < -0.3 is 15.3 Å². The lowest BCUT2D eigenvalue weighted by molar-refractivity contribution is -0.117. The molecular formula is C13H16N2O3. The minimum absolute atomic E-state index is 0.0748. The number of carbonyl (C=O) groups is 2. The van der Waals surface area contributed by atoms with E-state index >= 15 is 0 Å². The number of aliphatic hydroxyl groups excluding tert-OH is 1. The predicted molar refractivity (Wildman–Crippen MR) is 68.5 cm³/mol. The fourth-order valence-electron chi connectivity index (χ4n) is 2.08. The Labute approximate surface area is 105 Å². The molecular weight excluding hydrogens is 232 g/mol. The van der Waals surface area contributed by atoms with Crippen molar-refractivity contribution in [3.05, 3.63) is 23.8 Å². The Bertz CT molecular complexity index is 499. The van der Waals surface area contributed by atoms with Crippen LogP contribution in [-0.2, 0) is 9.59 Å². The molecule has 0 saturated carbocycles. The van der Waals surface area contributed by atoms with Crippen molar-refractivity contribution < 1.29 is 14.7 Å². The number of hydrogen-bond donors (Lipinski definition) is 2. The van der Waals surface area contributed by atoms with E-state index in [2.05, 4.69) is 5.32 Å². The van der Waals surface area contributed by atoms with Gasteiger partial charge in [0.15, 0.2) is 0 Å². The second-order valence-corrected chi connectivity index (χ2v) is 4.54.